The van der Waals surface area contributed by atoms with Crippen LogP contribution in [0.1, 0.15) is 26.3 Å². The molecule has 4 nitrogen and oxygen atoms in total. The first-order valence-corrected chi connectivity index (χ1v) is 6.78. The van der Waals surface area contributed by atoms with E-state index in [-0.39, 0.29) is 5.56 Å². The van der Waals surface area contributed by atoms with E-state index in [9.17, 15) is 9.59 Å². The summed E-state index contributed by atoms with van der Waals surface area (Å²) in [6.45, 7) is 5.40. The fourth-order valence-corrected chi connectivity index (χ4v) is 2.06. The maximum Gasteiger partial charge on any atom is 0.331 e. The van der Waals surface area contributed by atoms with Crippen LogP contribution in [0.3, 0.4) is 0 Å². The van der Waals surface area contributed by atoms with Crippen LogP contribution in [0.2, 0.25) is 0 Å². The molecular formula is C17H19NO3. The molecule has 0 atom stereocenters. The maximum absolute atomic E-state index is 12.2. The van der Waals surface area contributed by atoms with Crippen molar-refractivity contribution in [2.75, 3.05) is 0 Å². The van der Waals surface area contributed by atoms with E-state index in [2.05, 4.69) is 0 Å². The highest BCUT2D eigenvalue weighted by Gasteiger charge is 2.14. The first-order valence-electron chi connectivity index (χ1n) is 6.78. The highest BCUT2D eigenvalue weighted by molar-refractivity contribution is 5.88. The summed E-state index contributed by atoms with van der Waals surface area (Å²) in [7, 11) is 1.72. The fraction of sp³-hybridized carbons (Fsp3) is 0.294. The quantitative estimate of drug-likeness (QED) is 0.629. The summed E-state index contributed by atoms with van der Waals surface area (Å²) in [6, 6.07) is 9.39. The van der Waals surface area contributed by atoms with E-state index >= 15 is 0 Å². The molecule has 2 rings (SSSR count). The Hall–Kier alpha value is -2.36. The second-order valence-electron chi connectivity index (χ2n) is 5.89. The van der Waals surface area contributed by atoms with Gasteiger partial charge in [-0.2, -0.15) is 0 Å². The Morgan fingerprint density at radius 3 is 2.57 bits per heavy atom. The summed E-state index contributed by atoms with van der Waals surface area (Å²) in [4.78, 5) is 23.9. The molecule has 0 radical (unpaired) electrons. The molecule has 0 amide bonds. The van der Waals surface area contributed by atoms with Crippen LogP contribution in [-0.4, -0.2) is 16.1 Å². The lowest BCUT2D eigenvalue weighted by atomic mass is 10.1. The number of aromatic nitrogens is 1. The largest absolute Gasteiger partial charge is 0.457 e. The highest BCUT2D eigenvalue weighted by atomic mass is 16.6. The molecule has 0 saturated carbocycles. The van der Waals surface area contributed by atoms with Crippen LogP contribution in [0, 0.1) is 0 Å². The molecule has 0 saturated heterocycles. The molecule has 0 spiro atoms. The van der Waals surface area contributed by atoms with Crippen LogP contribution in [0.25, 0.3) is 17.0 Å². The van der Waals surface area contributed by atoms with Gasteiger partial charge in [-0.1, -0.05) is 18.2 Å². The van der Waals surface area contributed by atoms with Crippen LogP contribution in [0.15, 0.2) is 41.2 Å². The average molecular weight is 285 g/mol. The lowest BCUT2D eigenvalue weighted by Gasteiger charge is -2.17. The van der Waals surface area contributed by atoms with Gasteiger partial charge in [-0.05, 0) is 44.4 Å². The molecule has 4 heteroatoms. The van der Waals surface area contributed by atoms with Crippen molar-refractivity contribution in [3.63, 3.8) is 0 Å². The number of esters is 1. The molecule has 0 aliphatic carbocycles. The molecule has 1 aromatic carbocycles. The number of carbonyl (C=O) groups is 1. The average Bonchev–Trinajstić information content (AvgIpc) is 2.39. The molecule has 0 bridgehead atoms. The van der Waals surface area contributed by atoms with Gasteiger partial charge in [-0.3, -0.25) is 4.79 Å². The second-order valence-corrected chi connectivity index (χ2v) is 5.89. The first kappa shape index (κ1) is 15.0. The first-order chi connectivity index (χ1) is 9.78. The van der Waals surface area contributed by atoms with E-state index in [4.69, 9.17) is 4.74 Å². The van der Waals surface area contributed by atoms with Crippen LogP contribution < -0.4 is 5.56 Å². The molecule has 1 aromatic heterocycles. The van der Waals surface area contributed by atoms with E-state index in [1.165, 1.54) is 12.2 Å². The van der Waals surface area contributed by atoms with Crippen molar-refractivity contribution in [2.24, 2.45) is 7.05 Å². The third-order valence-corrected chi connectivity index (χ3v) is 2.97. The number of aryl methyl sites for hydroxylation is 1. The van der Waals surface area contributed by atoms with Crippen LogP contribution in [-0.2, 0) is 16.6 Å². The number of carbonyl (C=O) groups excluding carboxylic acids is 1. The van der Waals surface area contributed by atoms with E-state index in [0.29, 0.717) is 5.56 Å². The van der Waals surface area contributed by atoms with Gasteiger partial charge in [0, 0.05) is 18.7 Å². The minimum Gasteiger partial charge on any atom is -0.457 e. The Bertz CT molecular complexity index is 764. The van der Waals surface area contributed by atoms with Crippen molar-refractivity contribution in [2.45, 2.75) is 26.4 Å². The molecule has 0 N–H and O–H groups in total. The Morgan fingerprint density at radius 2 is 1.90 bits per heavy atom. The van der Waals surface area contributed by atoms with Crippen molar-refractivity contribution < 1.29 is 9.53 Å². The number of fused-ring (bicyclic) bond motifs is 1. The van der Waals surface area contributed by atoms with Crippen molar-refractivity contribution >= 4 is 22.9 Å². The second kappa shape index (κ2) is 5.56. The molecule has 21 heavy (non-hydrogen) atoms. The standard InChI is InChI=1S/C17H19NO3/c1-17(2,3)21-15(19)10-9-13-11-12-7-5-6-8-14(12)18(4)16(13)20/h5-11H,1-4H3/b10-9+. The van der Waals surface area contributed by atoms with Crippen molar-refractivity contribution in [3.05, 3.63) is 52.3 Å². The molecule has 0 aliphatic rings. The zero-order chi connectivity index (χ0) is 15.6. The maximum atomic E-state index is 12.2. The van der Waals surface area contributed by atoms with Crippen LogP contribution >= 0.6 is 0 Å². The zero-order valence-corrected chi connectivity index (χ0v) is 12.7. The summed E-state index contributed by atoms with van der Waals surface area (Å²) in [5.74, 6) is -0.460. The third-order valence-electron chi connectivity index (χ3n) is 2.97. The van der Waals surface area contributed by atoms with Crippen molar-refractivity contribution in [3.8, 4) is 0 Å². The molecule has 0 unspecified atom stereocenters. The molecule has 110 valence electrons. The Balaban J connectivity index is 2.37. The fourth-order valence-electron chi connectivity index (χ4n) is 2.06. The lowest BCUT2D eigenvalue weighted by Crippen LogP contribution is -2.23. The predicted octanol–water partition coefficient (Wildman–Crippen LogP) is 2.89. The topological polar surface area (TPSA) is 48.3 Å². The number of ether oxygens (including phenoxy) is 1. The van der Waals surface area contributed by atoms with E-state index < -0.39 is 11.6 Å². The minimum atomic E-state index is -0.546. The molecule has 1 heterocycles. The van der Waals surface area contributed by atoms with Crippen molar-refractivity contribution in [1.82, 2.24) is 4.57 Å². The number of hydrogen-bond donors (Lipinski definition) is 0. The highest BCUT2D eigenvalue weighted by Crippen LogP contribution is 2.13. The Morgan fingerprint density at radius 1 is 1.24 bits per heavy atom. The van der Waals surface area contributed by atoms with Gasteiger partial charge in [0.1, 0.15) is 5.60 Å². The molecule has 0 aliphatic heterocycles. The van der Waals surface area contributed by atoms with E-state index in [1.54, 1.807) is 38.5 Å². The SMILES string of the molecule is Cn1c(=O)c(/C=C/C(=O)OC(C)(C)C)cc2ccccc21. The third kappa shape index (κ3) is 3.60. The molecular weight excluding hydrogens is 266 g/mol. The van der Waals surface area contributed by atoms with Gasteiger partial charge in [0.05, 0.1) is 5.52 Å². The number of benzene rings is 1. The zero-order valence-electron chi connectivity index (χ0n) is 12.7. The summed E-state index contributed by atoms with van der Waals surface area (Å²) in [5, 5.41) is 0.948. The summed E-state index contributed by atoms with van der Waals surface area (Å²) < 4.78 is 6.76. The monoisotopic (exact) mass is 285 g/mol. The van der Waals surface area contributed by atoms with Gasteiger partial charge in [0.25, 0.3) is 5.56 Å². The van der Waals surface area contributed by atoms with E-state index in [0.717, 1.165) is 10.9 Å². The summed E-state index contributed by atoms with van der Waals surface area (Å²) in [5.41, 5.74) is 0.628. The van der Waals surface area contributed by atoms with Gasteiger partial charge in [-0.25, -0.2) is 4.79 Å². The predicted molar refractivity (Wildman–Crippen MR) is 84.1 cm³/mol. The number of pyridine rings is 1. The van der Waals surface area contributed by atoms with Gasteiger partial charge in [0.15, 0.2) is 0 Å². The summed E-state index contributed by atoms with van der Waals surface area (Å²) >= 11 is 0. The van der Waals surface area contributed by atoms with Crippen LogP contribution in [0.4, 0.5) is 0 Å². The van der Waals surface area contributed by atoms with Gasteiger partial charge >= 0.3 is 5.97 Å². The van der Waals surface area contributed by atoms with E-state index in [1.807, 2.05) is 24.3 Å². The number of nitrogens with zero attached hydrogens (tertiary/aromatic N) is 1. The van der Waals surface area contributed by atoms with Crippen molar-refractivity contribution in [1.29, 1.82) is 0 Å². The lowest BCUT2D eigenvalue weighted by molar-refractivity contribution is -0.148. The normalized spacial score (nSPS) is 12.0. The van der Waals surface area contributed by atoms with Gasteiger partial charge in [-0.15, -0.1) is 0 Å². The smallest absolute Gasteiger partial charge is 0.331 e. The summed E-state index contributed by atoms with van der Waals surface area (Å²) in [6.07, 6.45) is 2.79. The number of rotatable bonds is 2. The Kier molecular flexibility index (Phi) is 3.98. The molecule has 2 aromatic rings. The number of para-hydroxylation sites is 1. The van der Waals surface area contributed by atoms with Gasteiger partial charge in [0.2, 0.25) is 0 Å². The minimum absolute atomic E-state index is 0.145. The molecule has 0 fully saturated rings. The van der Waals surface area contributed by atoms with Gasteiger partial charge < -0.3 is 9.30 Å². The Labute approximate surface area is 123 Å². The number of hydrogen-bond acceptors (Lipinski definition) is 3. The van der Waals surface area contributed by atoms with Crippen LogP contribution in [0.5, 0.6) is 0 Å².